The van der Waals surface area contributed by atoms with Crippen LogP contribution in [0.5, 0.6) is 0 Å². The lowest BCUT2D eigenvalue weighted by molar-refractivity contribution is 0.190. The van der Waals surface area contributed by atoms with E-state index in [0.717, 1.165) is 39.3 Å². The van der Waals surface area contributed by atoms with Gasteiger partial charge in [-0.05, 0) is 31.0 Å². The molecule has 0 amide bonds. The fourth-order valence-corrected chi connectivity index (χ4v) is 3.10. The first kappa shape index (κ1) is 16.4. The van der Waals surface area contributed by atoms with Crippen LogP contribution >= 0.6 is 0 Å². The molecule has 0 bridgehead atoms. The van der Waals surface area contributed by atoms with Crippen LogP contribution in [0.2, 0.25) is 0 Å². The van der Waals surface area contributed by atoms with Crippen LogP contribution in [0, 0.1) is 5.92 Å². The Balaban J connectivity index is 1.83. The molecular formula is C17H29N3O. The summed E-state index contributed by atoms with van der Waals surface area (Å²) in [6.07, 6.45) is 1.17. The lowest BCUT2D eigenvalue weighted by Gasteiger charge is -2.28. The Morgan fingerprint density at radius 2 is 1.76 bits per heavy atom. The minimum Gasteiger partial charge on any atom is -0.395 e. The molecule has 1 fully saturated rings. The number of benzene rings is 1. The van der Waals surface area contributed by atoms with E-state index in [1.807, 2.05) is 6.07 Å². The molecule has 1 aromatic carbocycles. The SMILES string of the molecule is CC(CN1CCCN(CCO)CC1)C(N)c1ccccc1. The summed E-state index contributed by atoms with van der Waals surface area (Å²) < 4.78 is 0. The second-order valence-corrected chi connectivity index (χ2v) is 6.13. The molecule has 0 saturated carbocycles. The van der Waals surface area contributed by atoms with E-state index in [1.54, 1.807) is 0 Å². The van der Waals surface area contributed by atoms with Gasteiger partial charge in [0.25, 0.3) is 0 Å². The predicted molar refractivity (Wildman–Crippen MR) is 87.1 cm³/mol. The van der Waals surface area contributed by atoms with E-state index < -0.39 is 0 Å². The van der Waals surface area contributed by atoms with Crippen LogP contribution in [0.4, 0.5) is 0 Å². The Kier molecular flexibility index (Phi) is 6.64. The Labute approximate surface area is 128 Å². The van der Waals surface area contributed by atoms with Gasteiger partial charge in [0.05, 0.1) is 6.61 Å². The molecule has 1 heterocycles. The van der Waals surface area contributed by atoms with Crippen LogP contribution < -0.4 is 5.73 Å². The van der Waals surface area contributed by atoms with Crippen LogP contribution in [-0.4, -0.2) is 60.8 Å². The van der Waals surface area contributed by atoms with Crippen molar-refractivity contribution < 1.29 is 5.11 Å². The summed E-state index contributed by atoms with van der Waals surface area (Å²) in [5, 5.41) is 9.05. The molecule has 1 aliphatic heterocycles. The zero-order valence-electron chi connectivity index (χ0n) is 13.1. The zero-order valence-corrected chi connectivity index (χ0v) is 13.1. The molecule has 4 heteroatoms. The van der Waals surface area contributed by atoms with E-state index in [4.69, 9.17) is 10.8 Å². The predicted octanol–water partition coefficient (Wildman–Crippen LogP) is 1.32. The van der Waals surface area contributed by atoms with Gasteiger partial charge in [-0.25, -0.2) is 0 Å². The smallest absolute Gasteiger partial charge is 0.0558 e. The number of hydrogen-bond donors (Lipinski definition) is 2. The molecule has 2 atom stereocenters. The van der Waals surface area contributed by atoms with Crippen molar-refractivity contribution in [2.45, 2.75) is 19.4 Å². The maximum atomic E-state index is 9.05. The van der Waals surface area contributed by atoms with Gasteiger partial charge in [-0.1, -0.05) is 37.3 Å². The fraction of sp³-hybridized carbons (Fsp3) is 0.647. The lowest BCUT2D eigenvalue weighted by atomic mass is 9.95. The molecule has 1 aliphatic rings. The third-order valence-electron chi connectivity index (χ3n) is 4.44. The monoisotopic (exact) mass is 291 g/mol. The lowest BCUT2D eigenvalue weighted by Crippen LogP contribution is -2.36. The van der Waals surface area contributed by atoms with Gasteiger partial charge in [-0.3, -0.25) is 4.90 Å². The van der Waals surface area contributed by atoms with Gasteiger partial charge in [-0.2, -0.15) is 0 Å². The minimum absolute atomic E-state index is 0.1000. The van der Waals surface area contributed by atoms with Gasteiger partial charge in [-0.15, -0.1) is 0 Å². The summed E-state index contributed by atoms with van der Waals surface area (Å²) in [5.74, 6) is 0.441. The Morgan fingerprint density at radius 1 is 1.10 bits per heavy atom. The first-order valence-electron chi connectivity index (χ1n) is 8.07. The number of nitrogens with two attached hydrogens (primary N) is 1. The van der Waals surface area contributed by atoms with Crippen molar-refractivity contribution in [1.82, 2.24) is 9.80 Å². The summed E-state index contributed by atoms with van der Waals surface area (Å²) in [7, 11) is 0. The van der Waals surface area contributed by atoms with Crippen molar-refractivity contribution in [2.75, 3.05) is 45.9 Å². The van der Waals surface area contributed by atoms with Gasteiger partial charge in [0.2, 0.25) is 0 Å². The van der Waals surface area contributed by atoms with Crippen LogP contribution in [0.25, 0.3) is 0 Å². The molecule has 2 rings (SSSR count). The summed E-state index contributed by atoms with van der Waals surface area (Å²) in [5.41, 5.74) is 7.62. The summed E-state index contributed by atoms with van der Waals surface area (Å²) >= 11 is 0. The molecule has 3 N–H and O–H groups in total. The molecule has 1 aromatic rings. The molecule has 0 aliphatic carbocycles. The first-order chi connectivity index (χ1) is 10.2. The van der Waals surface area contributed by atoms with Gasteiger partial charge in [0, 0.05) is 32.2 Å². The van der Waals surface area contributed by atoms with Gasteiger partial charge < -0.3 is 15.7 Å². The maximum absolute atomic E-state index is 9.05. The van der Waals surface area contributed by atoms with Crippen molar-refractivity contribution in [3.05, 3.63) is 35.9 Å². The van der Waals surface area contributed by atoms with E-state index in [9.17, 15) is 0 Å². The second kappa shape index (κ2) is 8.49. The average Bonchev–Trinajstić information content (AvgIpc) is 2.73. The topological polar surface area (TPSA) is 52.7 Å². The number of aliphatic hydroxyl groups is 1. The first-order valence-corrected chi connectivity index (χ1v) is 8.07. The number of aliphatic hydroxyl groups excluding tert-OH is 1. The molecule has 0 spiro atoms. The highest BCUT2D eigenvalue weighted by Gasteiger charge is 2.20. The maximum Gasteiger partial charge on any atom is 0.0558 e. The number of nitrogens with zero attached hydrogens (tertiary/aromatic N) is 2. The summed E-state index contributed by atoms with van der Waals surface area (Å²) in [4.78, 5) is 4.87. The van der Waals surface area contributed by atoms with Crippen LogP contribution in [0.15, 0.2) is 30.3 Å². The molecular weight excluding hydrogens is 262 g/mol. The molecule has 0 aromatic heterocycles. The highest BCUT2D eigenvalue weighted by molar-refractivity contribution is 5.19. The normalized spacial score (nSPS) is 20.9. The molecule has 0 radical (unpaired) electrons. The van der Waals surface area contributed by atoms with E-state index in [0.29, 0.717) is 5.92 Å². The molecule has 2 unspecified atom stereocenters. The zero-order chi connectivity index (χ0) is 15.1. The van der Waals surface area contributed by atoms with Gasteiger partial charge >= 0.3 is 0 Å². The molecule has 4 nitrogen and oxygen atoms in total. The van der Waals surface area contributed by atoms with Crippen LogP contribution in [0.3, 0.4) is 0 Å². The number of hydrogen-bond acceptors (Lipinski definition) is 4. The molecule has 118 valence electrons. The van der Waals surface area contributed by atoms with E-state index in [-0.39, 0.29) is 12.6 Å². The summed E-state index contributed by atoms with van der Waals surface area (Å²) in [6.45, 7) is 8.70. The van der Waals surface area contributed by atoms with Crippen molar-refractivity contribution in [2.24, 2.45) is 11.7 Å². The number of β-amino-alcohol motifs (C(OH)–C–C–N with tert-alkyl or cyclic N) is 1. The minimum atomic E-state index is 0.1000. The third-order valence-corrected chi connectivity index (χ3v) is 4.44. The Morgan fingerprint density at radius 3 is 2.48 bits per heavy atom. The van der Waals surface area contributed by atoms with E-state index in [2.05, 4.69) is 41.0 Å². The van der Waals surface area contributed by atoms with Crippen molar-refractivity contribution in [3.63, 3.8) is 0 Å². The Bertz CT molecular complexity index is 398. The quantitative estimate of drug-likeness (QED) is 0.830. The fourth-order valence-electron chi connectivity index (χ4n) is 3.10. The van der Waals surface area contributed by atoms with Crippen molar-refractivity contribution >= 4 is 0 Å². The number of rotatable bonds is 6. The molecule has 1 saturated heterocycles. The van der Waals surface area contributed by atoms with E-state index in [1.165, 1.54) is 12.0 Å². The van der Waals surface area contributed by atoms with Crippen molar-refractivity contribution in [1.29, 1.82) is 0 Å². The van der Waals surface area contributed by atoms with Gasteiger partial charge in [0.15, 0.2) is 0 Å². The largest absolute Gasteiger partial charge is 0.395 e. The van der Waals surface area contributed by atoms with Crippen molar-refractivity contribution in [3.8, 4) is 0 Å². The average molecular weight is 291 g/mol. The summed E-state index contributed by atoms with van der Waals surface area (Å²) in [6, 6.07) is 10.5. The van der Waals surface area contributed by atoms with Crippen LogP contribution in [-0.2, 0) is 0 Å². The van der Waals surface area contributed by atoms with E-state index >= 15 is 0 Å². The highest BCUT2D eigenvalue weighted by atomic mass is 16.3. The third kappa shape index (κ3) is 5.08. The highest BCUT2D eigenvalue weighted by Crippen LogP contribution is 2.20. The Hall–Kier alpha value is -0.940. The second-order valence-electron chi connectivity index (χ2n) is 6.13. The van der Waals surface area contributed by atoms with Gasteiger partial charge in [0.1, 0.15) is 0 Å². The standard InChI is InChI=1S/C17H29N3O/c1-15(17(18)16-6-3-2-4-7-16)14-20-9-5-8-19(10-11-20)12-13-21/h2-4,6-7,15,17,21H,5,8-14,18H2,1H3. The van der Waals surface area contributed by atoms with Crippen LogP contribution in [0.1, 0.15) is 24.9 Å². The molecule has 21 heavy (non-hydrogen) atoms.